The molecule has 0 spiro atoms. The van der Waals surface area contributed by atoms with Crippen molar-refractivity contribution in [3.05, 3.63) is 88.8 Å². The summed E-state index contributed by atoms with van der Waals surface area (Å²) in [5.41, 5.74) is 0.965. The van der Waals surface area contributed by atoms with Gasteiger partial charge in [-0.1, -0.05) is 23.5 Å². The maximum absolute atomic E-state index is 13.4. The van der Waals surface area contributed by atoms with E-state index < -0.39 is 28.4 Å². The molecule has 0 unspecified atom stereocenters. The average molecular weight is 469 g/mol. The number of allylic oxidation sites excluding steroid dienone is 1. The molecule has 0 fully saturated rings. The van der Waals surface area contributed by atoms with E-state index in [1.165, 1.54) is 22.8 Å². The second-order valence-electron chi connectivity index (χ2n) is 7.01. The lowest BCUT2D eigenvalue weighted by Gasteiger charge is -2.24. The molecule has 10 nitrogen and oxygen atoms in total. The fourth-order valence-electron chi connectivity index (χ4n) is 3.54. The molecule has 33 heavy (non-hydrogen) atoms. The van der Waals surface area contributed by atoms with Crippen molar-refractivity contribution in [1.29, 1.82) is 0 Å². The molecule has 1 aliphatic heterocycles. The number of carbonyl (C=O) groups is 1. The number of rotatable bonds is 6. The Labute approximate surface area is 190 Å². The third kappa shape index (κ3) is 4.10. The lowest BCUT2D eigenvalue weighted by atomic mass is 9.96. The van der Waals surface area contributed by atoms with Gasteiger partial charge in [-0.15, -0.1) is 0 Å². The Morgan fingerprint density at radius 1 is 1.30 bits per heavy atom. The largest absolute Gasteiger partial charge is 0.497 e. The predicted octanol–water partition coefficient (Wildman–Crippen LogP) is 2.31. The maximum atomic E-state index is 13.4. The number of esters is 1. The molecule has 4 rings (SSSR count). The van der Waals surface area contributed by atoms with Gasteiger partial charge >= 0.3 is 11.9 Å². The average Bonchev–Trinajstić information content (AvgIpc) is 3.38. The number of fused-ring (bicyclic) bond motifs is 1. The van der Waals surface area contributed by atoms with Crippen molar-refractivity contribution in [2.24, 2.45) is 4.99 Å². The normalized spacial score (nSPS) is 15.7. The zero-order valence-corrected chi connectivity index (χ0v) is 18.8. The highest BCUT2D eigenvalue weighted by molar-refractivity contribution is 7.07. The van der Waals surface area contributed by atoms with Gasteiger partial charge in [-0.3, -0.25) is 19.5 Å². The minimum absolute atomic E-state index is 0.161. The van der Waals surface area contributed by atoms with E-state index in [1.807, 2.05) is 0 Å². The lowest BCUT2D eigenvalue weighted by molar-refractivity contribution is -0.402. The predicted molar refractivity (Wildman–Crippen MR) is 119 cm³/mol. The first kappa shape index (κ1) is 22.2. The third-order valence-electron chi connectivity index (χ3n) is 5.01. The minimum Gasteiger partial charge on any atom is -0.497 e. The monoisotopic (exact) mass is 469 g/mol. The number of hydrogen-bond acceptors (Lipinski definition) is 9. The van der Waals surface area contributed by atoms with Crippen LogP contribution >= 0.6 is 11.3 Å². The van der Waals surface area contributed by atoms with E-state index in [0.717, 1.165) is 11.3 Å². The Morgan fingerprint density at radius 3 is 2.64 bits per heavy atom. The summed E-state index contributed by atoms with van der Waals surface area (Å²) in [7, 11) is 1.55. The number of nitro groups is 1. The van der Waals surface area contributed by atoms with Gasteiger partial charge in [-0.25, -0.2) is 9.79 Å². The number of furan rings is 1. The maximum Gasteiger partial charge on any atom is 0.433 e. The van der Waals surface area contributed by atoms with Crippen LogP contribution in [0.2, 0.25) is 0 Å². The molecule has 0 radical (unpaired) electrons. The van der Waals surface area contributed by atoms with Crippen LogP contribution in [-0.4, -0.2) is 29.2 Å². The number of carbonyl (C=O) groups excluding carboxylic acids is 1. The molecule has 0 N–H and O–H groups in total. The van der Waals surface area contributed by atoms with Crippen LogP contribution in [0.1, 0.15) is 31.2 Å². The number of methoxy groups -OCH3 is 1. The van der Waals surface area contributed by atoms with Crippen LogP contribution < -0.4 is 19.6 Å². The van der Waals surface area contributed by atoms with Crippen LogP contribution in [0.4, 0.5) is 5.88 Å². The molecule has 0 bridgehead atoms. The third-order valence-corrected chi connectivity index (χ3v) is 6.00. The smallest absolute Gasteiger partial charge is 0.433 e. The van der Waals surface area contributed by atoms with E-state index in [2.05, 4.69) is 4.99 Å². The van der Waals surface area contributed by atoms with Gasteiger partial charge in [-0.05, 0) is 37.6 Å². The fourth-order valence-corrected chi connectivity index (χ4v) is 4.57. The molecule has 170 valence electrons. The quantitative estimate of drug-likeness (QED) is 0.308. The van der Waals surface area contributed by atoms with Gasteiger partial charge in [0.2, 0.25) is 0 Å². The molecule has 1 atom stereocenters. The van der Waals surface area contributed by atoms with Gasteiger partial charge in [0.05, 0.1) is 41.6 Å². The van der Waals surface area contributed by atoms with Crippen molar-refractivity contribution in [3.63, 3.8) is 0 Å². The number of thiazole rings is 1. The number of hydrogen-bond donors (Lipinski definition) is 0. The zero-order valence-electron chi connectivity index (χ0n) is 17.9. The van der Waals surface area contributed by atoms with Crippen LogP contribution in [0.25, 0.3) is 6.08 Å². The molecular formula is C22H19N3O7S. The lowest BCUT2D eigenvalue weighted by Crippen LogP contribution is -2.39. The Balaban J connectivity index is 1.91. The number of benzene rings is 1. The van der Waals surface area contributed by atoms with Gasteiger partial charge in [0.1, 0.15) is 16.4 Å². The highest BCUT2D eigenvalue weighted by atomic mass is 32.1. The van der Waals surface area contributed by atoms with Crippen molar-refractivity contribution < 1.29 is 23.6 Å². The van der Waals surface area contributed by atoms with Gasteiger partial charge in [0.25, 0.3) is 5.56 Å². The Kier molecular flexibility index (Phi) is 5.97. The number of nitrogens with zero attached hydrogens (tertiary/aromatic N) is 3. The fraction of sp³-hybridized carbons (Fsp3) is 0.227. The number of ether oxygens (including phenoxy) is 2. The molecule has 0 saturated heterocycles. The molecule has 0 amide bonds. The minimum atomic E-state index is -0.765. The molecule has 3 aromatic rings. The first-order valence-electron chi connectivity index (χ1n) is 9.92. The SMILES string of the molecule is CCOC(=O)C1=C(C)N=c2s/c(=C\c3ccc([N+](=O)[O-])o3)c(=O)n2[C@H]1c1ccc(OC)cc1. The standard InChI is InChI=1S/C22H19N3O7S/c1-4-31-21(27)18-12(2)23-22-24(19(18)13-5-7-14(30-3)8-6-13)20(26)16(33-22)11-15-9-10-17(32-15)25(28)29/h5-11,19H,4H2,1-3H3/b16-11-/t19-/m0/s1. The van der Waals surface area contributed by atoms with Crippen LogP contribution in [0, 0.1) is 10.1 Å². The van der Waals surface area contributed by atoms with E-state index in [1.54, 1.807) is 45.2 Å². The number of aromatic nitrogens is 1. The van der Waals surface area contributed by atoms with Crippen LogP contribution in [0.15, 0.2) is 61.9 Å². The summed E-state index contributed by atoms with van der Waals surface area (Å²) >= 11 is 1.10. The summed E-state index contributed by atoms with van der Waals surface area (Å²) in [5, 5.41) is 10.9. The molecule has 0 saturated carbocycles. The van der Waals surface area contributed by atoms with Gasteiger partial charge < -0.3 is 13.9 Å². The topological polar surface area (TPSA) is 126 Å². The van der Waals surface area contributed by atoms with Gasteiger partial charge in [0, 0.05) is 6.08 Å². The van der Waals surface area contributed by atoms with E-state index in [0.29, 0.717) is 21.8 Å². The van der Waals surface area contributed by atoms with Gasteiger partial charge in [0.15, 0.2) is 4.80 Å². The van der Waals surface area contributed by atoms with Crippen LogP contribution in [-0.2, 0) is 9.53 Å². The van der Waals surface area contributed by atoms with Crippen molar-refractivity contribution >= 4 is 29.3 Å². The van der Waals surface area contributed by atoms with Crippen LogP contribution in [0.5, 0.6) is 5.75 Å². The summed E-state index contributed by atoms with van der Waals surface area (Å²) in [5.74, 6) is -0.195. The molecule has 11 heteroatoms. The van der Waals surface area contributed by atoms with Crippen molar-refractivity contribution in [2.75, 3.05) is 13.7 Å². The Hall–Kier alpha value is -3.99. The van der Waals surface area contributed by atoms with Gasteiger partial charge in [-0.2, -0.15) is 0 Å². The first-order chi connectivity index (χ1) is 15.8. The molecule has 1 aromatic carbocycles. The molecule has 0 aliphatic carbocycles. The molecular weight excluding hydrogens is 450 g/mol. The van der Waals surface area contributed by atoms with E-state index in [9.17, 15) is 19.7 Å². The molecule has 2 aromatic heterocycles. The van der Waals surface area contributed by atoms with Crippen molar-refractivity contribution in [1.82, 2.24) is 4.57 Å². The summed E-state index contributed by atoms with van der Waals surface area (Å²) in [6.07, 6.45) is 1.42. The Bertz CT molecular complexity index is 1440. The van der Waals surface area contributed by atoms with E-state index >= 15 is 0 Å². The summed E-state index contributed by atoms with van der Waals surface area (Å²) < 4.78 is 17.3. The van der Waals surface area contributed by atoms with Crippen molar-refractivity contribution in [3.8, 4) is 5.75 Å². The summed E-state index contributed by atoms with van der Waals surface area (Å²) in [6.45, 7) is 3.57. The second kappa shape index (κ2) is 8.87. The van der Waals surface area contributed by atoms with E-state index in [4.69, 9.17) is 13.9 Å². The van der Waals surface area contributed by atoms with Crippen LogP contribution in [0.3, 0.4) is 0 Å². The van der Waals surface area contributed by atoms with Crippen molar-refractivity contribution in [2.45, 2.75) is 19.9 Å². The zero-order chi connectivity index (χ0) is 23.7. The highest BCUT2D eigenvalue weighted by Crippen LogP contribution is 2.31. The first-order valence-corrected chi connectivity index (χ1v) is 10.7. The second-order valence-corrected chi connectivity index (χ2v) is 8.02. The summed E-state index contributed by atoms with van der Waals surface area (Å²) in [4.78, 5) is 41.3. The molecule has 3 heterocycles. The van der Waals surface area contributed by atoms with E-state index in [-0.39, 0.29) is 22.5 Å². The Morgan fingerprint density at radius 2 is 2.03 bits per heavy atom. The molecule has 1 aliphatic rings. The highest BCUT2D eigenvalue weighted by Gasteiger charge is 2.33. The summed E-state index contributed by atoms with van der Waals surface area (Å²) in [6, 6.07) is 8.89.